The second-order valence-corrected chi connectivity index (χ2v) is 16.3. The highest BCUT2D eigenvalue weighted by Crippen LogP contribution is 2.41. The van der Waals surface area contributed by atoms with Crippen molar-refractivity contribution in [1.29, 1.82) is 0 Å². The molecule has 0 bridgehead atoms. The number of likely N-dealkylation sites (N-methyl/N-ethyl adjacent to an activating group) is 1. The normalized spacial score (nSPS) is 17.7. The van der Waals surface area contributed by atoms with Crippen molar-refractivity contribution in [1.82, 2.24) is 24.3 Å². The molecule has 0 spiro atoms. The van der Waals surface area contributed by atoms with Gasteiger partial charge in [0.1, 0.15) is 10.8 Å². The number of carbonyl (C=O) groups is 1. The zero-order valence-electron chi connectivity index (χ0n) is 28.5. The van der Waals surface area contributed by atoms with E-state index in [0.29, 0.717) is 35.6 Å². The van der Waals surface area contributed by atoms with Crippen LogP contribution in [0.25, 0.3) is 10.8 Å². The van der Waals surface area contributed by atoms with E-state index in [0.717, 1.165) is 37.6 Å². The molecule has 12 nitrogen and oxygen atoms in total. The predicted octanol–water partition coefficient (Wildman–Crippen LogP) is 6.50. The third-order valence-corrected chi connectivity index (χ3v) is 11.8. The van der Waals surface area contributed by atoms with E-state index >= 15 is 0 Å². The number of piperidine rings is 1. The molecule has 2 aromatic carbocycles. The number of hydrogen-bond donors (Lipinski definition) is 3. The summed E-state index contributed by atoms with van der Waals surface area (Å²) in [6, 6.07) is 10.3. The smallest absolute Gasteiger partial charge is 0.239 e. The Kier molecular flexibility index (Phi) is 9.97. The summed E-state index contributed by atoms with van der Waals surface area (Å²) < 4.78 is 34.1. The number of carbonyl (C=O) groups excluding carboxylic acids is 1. The van der Waals surface area contributed by atoms with E-state index in [9.17, 15) is 18.3 Å². The number of hydrogen-bond acceptors (Lipinski definition) is 10. The van der Waals surface area contributed by atoms with Gasteiger partial charge in [0.05, 0.1) is 39.9 Å². The number of amides is 1. The molecule has 2 saturated heterocycles. The Labute approximate surface area is 292 Å². The Balaban J connectivity index is 1.26. The summed E-state index contributed by atoms with van der Waals surface area (Å²) in [7, 11) is -1.57. The minimum atomic E-state index is -3.59. The molecule has 0 unspecified atom stereocenters. The van der Waals surface area contributed by atoms with Gasteiger partial charge in [0, 0.05) is 36.1 Å². The lowest BCUT2D eigenvalue weighted by molar-refractivity contribution is -0.136. The molecule has 4 aromatic rings. The number of nitrogens with zero attached hydrogens (tertiary/aromatic N) is 5. The number of para-hydroxylation sites is 1. The molecule has 1 amide bonds. The van der Waals surface area contributed by atoms with Crippen molar-refractivity contribution in [2.75, 3.05) is 37.3 Å². The summed E-state index contributed by atoms with van der Waals surface area (Å²) in [5.74, 6) is 1.29. The minimum Gasteiger partial charge on any atom is -0.494 e. The largest absolute Gasteiger partial charge is 0.494 e. The van der Waals surface area contributed by atoms with Crippen LogP contribution in [0.2, 0.25) is 5.02 Å². The third-order valence-electron chi connectivity index (χ3n) is 9.31. The molecular weight excluding hydrogens is 666 g/mol. The molecule has 2 aliphatic rings. The summed E-state index contributed by atoms with van der Waals surface area (Å²) in [4.78, 5) is 26.3. The monoisotopic (exact) mass is 709 g/mol. The minimum absolute atomic E-state index is 0.0299. The lowest BCUT2D eigenvalue weighted by atomic mass is 10.0. The number of ether oxygens (including phenoxy) is 1. The van der Waals surface area contributed by atoms with Crippen molar-refractivity contribution in [2.45, 2.75) is 81.7 Å². The van der Waals surface area contributed by atoms with Crippen molar-refractivity contribution >= 4 is 61.3 Å². The van der Waals surface area contributed by atoms with Crippen molar-refractivity contribution in [3.8, 4) is 11.6 Å². The SMILES string of the molecule is CC(C)Oc1cc2cn(C3CCN(C(=O)[C@@H]4CCCN4C)CC3)c(O)c2cc1Nc1ncc(Cl)c(Nc2ccccc2S(=O)(=O)C(C)C)n1. The summed E-state index contributed by atoms with van der Waals surface area (Å²) in [6.45, 7) is 9.37. The van der Waals surface area contributed by atoms with Crippen LogP contribution in [0.4, 0.5) is 23.1 Å². The fourth-order valence-electron chi connectivity index (χ4n) is 6.61. The summed E-state index contributed by atoms with van der Waals surface area (Å²) >= 11 is 6.47. The Morgan fingerprint density at radius 1 is 1.04 bits per heavy atom. The number of nitrogens with one attached hydrogen (secondary N) is 2. The van der Waals surface area contributed by atoms with Crippen LogP contribution in [0.3, 0.4) is 0 Å². The molecule has 3 N–H and O–H groups in total. The van der Waals surface area contributed by atoms with E-state index in [2.05, 4.69) is 25.5 Å². The van der Waals surface area contributed by atoms with E-state index < -0.39 is 15.1 Å². The number of sulfone groups is 1. The van der Waals surface area contributed by atoms with Gasteiger partial charge in [-0.2, -0.15) is 4.98 Å². The molecule has 2 aromatic heterocycles. The van der Waals surface area contributed by atoms with E-state index in [1.54, 1.807) is 38.1 Å². The molecule has 0 saturated carbocycles. The average molecular weight is 710 g/mol. The lowest BCUT2D eigenvalue weighted by Crippen LogP contribution is -2.47. The van der Waals surface area contributed by atoms with Crippen LogP contribution in [0, 0.1) is 0 Å². The van der Waals surface area contributed by atoms with E-state index in [1.807, 2.05) is 48.7 Å². The van der Waals surface area contributed by atoms with Crippen LogP contribution in [0.1, 0.15) is 59.4 Å². The van der Waals surface area contributed by atoms with Gasteiger partial charge in [-0.3, -0.25) is 9.69 Å². The van der Waals surface area contributed by atoms with Gasteiger partial charge in [-0.1, -0.05) is 23.7 Å². The summed E-state index contributed by atoms with van der Waals surface area (Å²) in [6.07, 6.45) is 6.67. The number of rotatable bonds is 10. The molecule has 2 fully saturated rings. The topological polar surface area (TPSA) is 142 Å². The van der Waals surface area contributed by atoms with Gasteiger partial charge in [-0.25, -0.2) is 13.4 Å². The predicted molar refractivity (Wildman–Crippen MR) is 192 cm³/mol. The molecular formula is C35H44ClN7O5S. The molecule has 2 aliphatic heterocycles. The zero-order valence-corrected chi connectivity index (χ0v) is 30.1. The maximum atomic E-state index is 13.1. The number of anilines is 4. The van der Waals surface area contributed by atoms with Gasteiger partial charge >= 0.3 is 0 Å². The molecule has 0 radical (unpaired) electrons. The van der Waals surface area contributed by atoms with E-state index in [-0.39, 0.29) is 51.7 Å². The highest BCUT2D eigenvalue weighted by molar-refractivity contribution is 7.92. The van der Waals surface area contributed by atoms with Crippen LogP contribution in [0.5, 0.6) is 11.6 Å². The van der Waals surface area contributed by atoms with Crippen LogP contribution >= 0.6 is 11.6 Å². The van der Waals surface area contributed by atoms with Gasteiger partial charge in [0.2, 0.25) is 11.9 Å². The summed E-state index contributed by atoms with van der Waals surface area (Å²) in [5, 5.41) is 18.8. The first-order chi connectivity index (χ1) is 23.3. The Morgan fingerprint density at radius 3 is 2.45 bits per heavy atom. The molecule has 262 valence electrons. The van der Waals surface area contributed by atoms with Gasteiger partial charge in [-0.15, -0.1) is 0 Å². The van der Waals surface area contributed by atoms with Crippen LogP contribution in [0.15, 0.2) is 53.7 Å². The Morgan fingerprint density at radius 2 is 1.78 bits per heavy atom. The number of halogens is 1. The lowest BCUT2D eigenvalue weighted by Gasteiger charge is -2.35. The molecule has 14 heteroatoms. The van der Waals surface area contributed by atoms with Gasteiger partial charge in [0.15, 0.2) is 21.5 Å². The maximum absolute atomic E-state index is 13.1. The number of fused-ring (bicyclic) bond motifs is 1. The fourth-order valence-corrected chi connectivity index (χ4v) is 7.95. The van der Waals surface area contributed by atoms with Crippen molar-refractivity contribution in [3.05, 3.63) is 53.8 Å². The number of likely N-dealkylation sites (tertiary alicyclic amines) is 2. The third kappa shape index (κ3) is 7.15. The first kappa shape index (κ1) is 34.8. The van der Waals surface area contributed by atoms with Crippen LogP contribution < -0.4 is 15.4 Å². The zero-order chi connectivity index (χ0) is 35.0. The van der Waals surface area contributed by atoms with Gasteiger partial charge in [-0.05, 0) is 91.2 Å². The van der Waals surface area contributed by atoms with Gasteiger partial charge in [0.25, 0.3) is 0 Å². The maximum Gasteiger partial charge on any atom is 0.239 e. The second kappa shape index (κ2) is 14.0. The number of aromatic nitrogens is 3. The van der Waals surface area contributed by atoms with Crippen LogP contribution in [-0.2, 0) is 14.6 Å². The molecule has 49 heavy (non-hydrogen) atoms. The van der Waals surface area contributed by atoms with Crippen molar-refractivity contribution in [2.24, 2.45) is 0 Å². The standard InChI is InChI=1S/C35H44ClN7O5S/c1-21(2)48-30-17-23-20-43(24-12-15-42(16-13-24)34(45)29-10-8-14-41(29)5)33(44)25(23)18-28(30)39-35-37-19-26(36)32(40-35)38-27-9-6-7-11-31(27)49(46,47)22(3)4/h6-7,9,11,17-22,24,29,44H,8,10,12-16H2,1-5H3,(H2,37,38,39,40)/t29-/m0/s1. The molecule has 0 aliphatic carbocycles. The second-order valence-electron chi connectivity index (χ2n) is 13.4. The van der Waals surface area contributed by atoms with Crippen molar-refractivity contribution < 1.29 is 23.1 Å². The van der Waals surface area contributed by atoms with Crippen molar-refractivity contribution in [3.63, 3.8) is 0 Å². The highest BCUT2D eigenvalue weighted by atomic mass is 35.5. The fraction of sp³-hybridized carbons (Fsp3) is 0.457. The first-order valence-corrected chi connectivity index (χ1v) is 18.7. The quantitative estimate of drug-likeness (QED) is 0.167. The van der Waals surface area contributed by atoms with Gasteiger partial charge < -0.3 is 29.9 Å². The molecule has 1 atom stereocenters. The Bertz CT molecular complexity index is 1960. The number of benzene rings is 2. The molecule has 6 rings (SSSR count). The highest BCUT2D eigenvalue weighted by Gasteiger charge is 2.34. The number of aromatic hydroxyl groups is 1. The van der Waals surface area contributed by atoms with E-state index in [4.69, 9.17) is 16.3 Å². The van der Waals surface area contributed by atoms with Crippen LogP contribution in [-0.4, -0.2) is 87.8 Å². The summed E-state index contributed by atoms with van der Waals surface area (Å²) in [5.41, 5.74) is 0.881. The Hall–Kier alpha value is -4.07. The van der Waals surface area contributed by atoms with E-state index in [1.165, 1.54) is 6.20 Å². The first-order valence-electron chi connectivity index (χ1n) is 16.8. The average Bonchev–Trinajstić information content (AvgIpc) is 3.64. The molecule has 4 heterocycles.